The van der Waals surface area contributed by atoms with Crippen LogP contribution < -0.4 is 4.74 Å². The van der Waals surface area contributed by atoms with Gasteiger partial charge in [-0.05, 0) is 80.0 Å². The summed E-state index contributed by atoms with van der Waals surface area (Å²) in [4.78, 5) is 25.5. The molecule has 2 aromatic rings. The molecule has 0 radical (unpaired) electrons. The number of rotatable bonds is 5. The number of esters is 1. The average Bonchev–Trinajstić information content (AvgIpc) is 2.76. The first-order valence-electron chi connectivity index (χ1n) is 11.2. The maximum absolute atomic E-state index is 12.6. The van der Waals surface area contributed by atoms with E-state index in [1.807, 2.05) is 12.1 Å². The highest BCUT2D eigenvalue weighted by molar-refractivity contribution is 5.91. The highest BCUT2D eigenvalue weighted by Crippen LogP contribution is 2.49. The molecule has 6 nitrogen and oxygen atoms in total. The predicted octanol–water partition coefficient (Wildman–Crippen LogP) is 5.73. The van der Waals surface area contributed by atoms with Gasteiger partial charge in [0.05, 0.1) is 10.5 Å². The van der Waals surface area contributed by atoms with Crippen molar-refractivity contribution in [2.45, 2.75) is 52.0 Å². The number of hydrogen-bond acceptors (Lipinski definition) is 5. The molecule has 2 aliphatic rings. The van der Waals surface area contributed by atoms with Crippen LogP contribution in [0.2, 0.25) is 0 Å². The number of nitro groups is 1. The molecule has 1 saturated heterocycles. The molecule has 7 heteroatoms. The molecule has 0 N–H and O–H groups in total. The number of non-ortho nitro benzene ring substituents is 1. The van der Waals surface area contributed by atoms with Crippen LogP contribution in [0.25, 0.3) is 0 Å². The Morgan fingerprint density at radius 3 is 2.58 bits per heavy atom. The normalized spacial score (nSPS) is 23.6. The van der Waals surface area contributed by atoms with Crippen LogP contribution in [0.1, 0.15) is 55.6 Å². The summed E-state index contributed by atoms with van der Waals surface area (Å²) in [5.74, 6) is 0.504. The SMILES string of the molecule is CC(C)=CCN1CCC2(C)c3cc(OC(=O)c4ccc([N+](=O)[O-])cc4)ccc3CC1C2C.Cl. The summed E-state index contributed by atoms with van der Waals surface area (Å²) in [6.07, 6.45) is 4.37. The topological polar surface area (TPSA) is 72.7 Å². The van der Waals surface area contributed by atoms with Crippen molar-refractivity contribution in [3.05, 3.63) is 80.9 Å². The zero-order valence-electron chi connectivity index (χ0n) is 19.5. The van der Waals surface area contributed by atoms with E-state index >= 15 is 0 Å². The molecule has 1 aliphatic carbocycles. The van der Waals surface area contributed by atoms with E-state index in [0.717, 1.165) is 25.9 Å². The van der Waals surface area contributed by atoms with Crippen molar-refractivity contribution < 1.29 is 14.5 Å². The zero-order valence-corrected chi connectivity index (χ0v) is 20.4. The van der Waals surface area contributed by atoms with Crippen molar-refractivity contribution in [2.24, 2.45) is 5.92 Å². The summed E-state index contributed by atoms with van der Waals surface area (Å²) < 4.78 is 5.64. The highest BCUT2D eigenvalue weighted by Gasteiger charge is 2.48. The third-order valence-electron chi connectivity index (χ3n) is 7.35. The Hall–Kier alpha value is -2.70. The van der Waals surface area contributed by atoms with Gasteiger partial charge in [-0.25, -0.2) is 4.79 Å². The fraction of sp³-hybridized carbons (Fsp3) is 0.423. The van der Waals surface area contributed by atoms with E-state index in [9.17, 15) is 14.9 Å². The molecule has 1 heterocycles. The van der Waals surface area contributed by atoms with E-state index in [4.69, 9.17) is 4.74 Å². The molecule has 0 aromatic heterocycles. The molecule has 4 rings (SSSR count). The smallest absolute Gasteiger partial charge is 0.343 e. The van der Waals surface area contributed by atoms with Gasteiger partial charge in [-0.15, -0.1) is 12.4 Å². The van der Waals surface area contributed by atoms with E-state index in [2.05, 4.69) is 44.7 Å². The van der Waals surface area contributed by atoms with Crippen molar-refractivity contribution >= 4 is 24.1 Å². The van der Waals surface area contributed by atoms with Gasteiger partial charge in [-0.1, -0.05) is 31.6 Å². The lowest BCUT2D eigenvalue weighted by Gasteiger charge is -2.54. The van der Waals surface area contributed by atoms with Gasteiger partial charge in [0.15, 0.2) is 0 Å². The third kappa shape index (κ3) is 4.82. The van der Waals surface area contributed by atoms with E-state index < -0.39 is 10.9 Å². The number of benzene rings is 2. The minimum Gasteiger partial charge on any atom is -0.423 e. The summed E-state index contributed by atoms with van der Waals surface area (Å²) in [5, 5.41) is 10.8. The Balaban J connectivity index is 0.00000306. The third-order valence-corrected chi connectivity index (χ3v) is 7.35. The van der Waals surface area contributed by atoms with Gasteiger partial charge in [0.1, 0.15) is 5.75 Å². The number of halogens is 1. The Morgan fingerprint density at radius 2 is 1.94 bits per heavy atom. The van der Waals surface area contributed by atoms with E-state index in [1.54, 1.807) is 0 Å². The van der Waals surface area contributed by atoms with Crippen LogP contribution >= 0.6 is 12.4 Å². The van der Waals surface area contributed by atoms with Crippen molar-refractivity contribution in [2.75, 3.05) is 13.1 Å². The summed E-state index contributed by atoms with van der Waals surface area (Å²) in [6, 6.07) is 12.0. The van der Waals surface area contributed by atoms with Gasteiger partial charge in [0.2, 0.25) is 0 Å². The van der Waals surface area contributed by atoms with Crippen LogP contribution in [0.5, 0.6) is 5.75 Å². The molecule has 0 amide bonds. The number of carbonyl (C=O) groups is 1. The molecular formula is C26H31ClN2O4. The molecule has 3 atom stereocenters. The van der Waals surface area contributed by atoms with Gasteiger partial charge >= 0.3 is 5.97 Å². The molecule has 2 bridgehead atoms. The lowest BCUT2D eigenvalue weighted by molar-refractivity contribution is -0.384. The van der Waals surface area contributed by atoms with Crippen molar-refractivity contribution in [3.8, 4) is 5.75 Å². The predicted molar refractivity (Wildman–Crippen MR) is 131 cm³/mol. The number of allylic oxidation sites excluding steroid dienone is 1. The number of piperidine rings is 1. The van der Waals surface area contributed by atoms with Gasteiger partial charge < -0.3 is 4.74 Å². The van der Waals surface area contributed by atoms with Crippen molar-refractivity contribution in [1.29, 1.82) is 0 Å². The largest absolute Gasteiger partial charge is 0.423 e. The van der Waals surface area contributed by atoms with E-state index in [1.165, 1.54) is 41.0 Å². The Kier molecular flexibility index (Phi) is 7.29. The van der Waals surface area contributed by atoms with Gasteiger partial charge in [-0.3, -0.25) is 15.0 Å². The fourth-order valence-corrected chi connectivity index (χ4v) is 5.16. The number of nitrogens with zero attached hydrogens (tertiary/aromatic N) is 2. The Bertz CT molecular complexity index is 1080. The maximum atomic E-state index is 12.6. The molecule has 2 aromatic carbocycles. The lowest BCUT2D eigenvalue weighted by Crippen LogP contribution is -2.57. The maximum Gasteiger partial charge on any atom is 0.343 e. The van der Waals surface area contributed by atoms with Crippen LogP contribution in [-0.4, -0.2) is 34.9 Å². The molecule has 1 aliphatic heterocycles. The molecule has 3 unspecified atom stereocenters. The monoisotopic (exact) mass is 470 g/mol. The highest BCUT2D eigenvalue weighted by atomic mass is 35.5. The molecule has 33 heavy (non-hydrogen) atoms. The van der Waals surface area contributed by atoms with Crippen molar-refractivity contribution in [3.63, 3.8) is 0 Å². The minimum absolute atomic E-state index is 0. The second-order valence-corrected chi connectivity index (χ2v) is 9.52. The second-order valence-electron chi connectivity index (χ2n) is 9.52. The number of fused-ring (bicyclic) bond motifs is 4. The van der Waals surface area contributed by atoms with Crippen LogP contribution in [-0.2, 0) is 11.8 Å². The zero-order chi connectivity index (χ0) is 23.0. The van der Waals surface area contributed by atoms with E-state index in [0.29, 0.717) is 23.3 Å². The Labute approximate surface area is 201 Å². The molecule has 0 spiro atoms. The molecule has 0 saturated carbocycles. The first-order valence-corrected chi connectivity index (χ1v) is 11.2. The fourth-order valence-electron chi connectivity index (χ4n) is 5.16. The molecular weight excluding hydrogens is 440 g/mol. The minimum atomic E-state index is -0.511. The van der Waals surface area contributed by atoms with Gasteiger partial charge in [0.25, 0.3) is 5.69 Å². The molecule has 176 valence electrons. The molecule has 1 fully saturated rings. The van der Waals surface area contributed by atoms with E-state index in [-0.39, 0.29) is 23.5 Å². The second kappa shape index (κ2) is 9.65. The van der Waals surface area contributed by atoms with Crippen molar-refractivity contribution in [1.82, 2.24) is 4.90 Å². The summed E-state index contributed by atoms with van der Waals surface area (Å²) in [5.41, 5.74) is 4.23. The number of carbonyl (C=O) groups excluding carboxylic acids is 1. The lowest BCUT2D eigenvalue weighted by atomic mass is 9.59. The number of hydrogen-bond donors (Lipinski definition) is 0. The number of ether oxygens (including phenoxy) is 1. The van der Waals surface area contributed by atoms with Crippen LogP contribution in [0.3, 0.4) is 0 Å². The first-order chi connectivity index (χ1) is 15.2. The Morgan fingerprint density at radius 1 is 1.24 bits per heavy atom. The quantitative estimate of drug-likeness (QED) is 0.183. The van der Waals surface area contributed by atoms with Crippen LogP contribution in [0.15, 0.2) is 54.1 Å². The first kappa shape index (κ1) is 24.9. The standard InChI is InChI=1S/C26H30N2O4.ClH/c1-17(2)11-13-27-14-12-26(4)18(3)24(27)15-20-7-10-22(16-23(20)26)32-25(29)19-5-8-21(9-6-19)28(30)31;/h5-11,16,18,24H,12-15H2,1-4H3;1H. The van der Waals surface area contributed by atoms with Crippen LogP contribution in [0, 0.1) is 16.0 Å². The summed E-state index contributed by atoms with van der Waals surface area (Å²) >= 11 is 0. The van der Waals surface area contributed by atoms with Gasteiger partial charge in [0, 0.05) is 24.7 Å². The number of likely N-dealkylation sites (tertiary alicyclic amines) is 1. The summed E-state index contributed by atoms with van der Waals surface area (Å²) in [6.45, 7) is 11.0. The van der Waals surface area contributed by atoms with Gasteiger partial charge in [-0.2, -0.15) is 0 Å². The summed E-state index contributed by atoms with van der Waals surface area (Å²) in [7, 11) is 0. The number of nitro benzene ring substituents is 1. The average molecular weight is 471 g/mol. The van der Waals surface area contributed by atoms with Crippen LogP contribution in [0.4, 0.5) is 5.69 Å².